The third kappa shape index (κ3) is 3.01. The van der Waals surface area contributed by atoms with Crippen LogP contribution in [0.3, 0.4) is 0 Å². The van der Waals surface area contributed by atoms with E-state index in [4.69, 9.17) is 10.5 Å². The molecule has 1 aromatic carbocycles. The first-order chi connectivity index (χ1) is 8.15. The second kappa shape index (κ2) is 4.92. The molecule has 0 bridgehead atoms. The number of rotatable bonds is 4. The number of nitrogens with two attached hydrogens (primary N) is 1. The molecule has 17 heavy (non-hydrogen) atoms. The highest BCUT2D eigenvalue weighted by Gasteiger charge is 2.07. The Balaban J connectivity index is 1.95. The monoisotopic (exact) mass is 236 g/mol. The van der Waals surface area contributed by atoms with Crippen LogP contribution in [-0.4, -0.2) is 15.2 Å². The molecular weight excluding hydrogens is 223 g/mol. The molecule has 2 aromatic rings. The zero-order chi connectivity index (χ0) is 12.3. The van der Waals surface area contributed by atoms with Gasteiger partial charge in [0.1, 0.15) is 18.2 Å². The third-order valence-electron chi connectivity index (χ3n) is 2.15. The van der Waals surface area contributed by atoms with Gasteiger partial charge in [0.25, 0.3) is 0 Å². The van der Waals surface area contributed by atoms with E-state index in [1.807, 2.05) is 0 Å². The first-order valence-electron chi connectivity index (χ1n) is 5.20. The van der Waals surface area contributed by atoms with Gasteiger partial charge in [-0.05, 0) is 31.2 Å². The molecule has 0 fully saturated rings. The summed E-state index contributed by atoms with van der Waals surface area (Å²) in [5.41, 5.74) is 5.62. The van der Waals surface area contributed by atoms with Crippen LogP contribution < -0.4 is 10.5 Å². The SMILES string of the molecule is CC(N)c1n[nH]c(COc2ccc(F)cc2)n1. The van der Waals surface area contributed by atoms with E-state index in [-0.39, 0.29) is 18.5 Å². The van der Waals surface area contributed by atoms with Crippen molar-refractivity contribution in [1.82, 2.24) is 15.2 Å². The summed E-state index contributed by atoms with van der Waals surface area (Å²) < 4.78 is 18.0. The van der Waals surface area contributed by atoms with Gasteiger partial charge in [-0.25, -0.2) is 9.37 Å². The molecule has 0 saturated carbocycles. The number of hydrogen-bond donors (Lipinski definition) is 2. The van der Waals surface area contributed by atoms with E-state index < -0.39 is 0 Å². The fourth-order valence-corrected chi connectivity index (χ4v) is 1.26. The average molecular weight is 236 g/mol. The van der Waals surface area contributed by atoms with Crippen LogP contribution in [-0.2, 0) is 6.61 Å². The minimum atomic E-state index is -0.295. The van der Waals surface area contributed by atoms with E-state index in [0.717, 1.165) is 0 Å². The van der Waals surface area contributed by atoms with E-state index in [2.05, 4.69) is 15.2 Å². The molecule has 0 aliphatic carbocycles. The molecule has 3 N–H and O–H groups in total. The molecule has 6 heteroatoms. The van der Waals surface area contributed by atoms with Crippen LogP contribution in [0.15, 0.2) is 24.3 Å². The number of aromatic nitrogens is 3. The average Bonchev–Trinajstić information content (AvgIpc) is 2.77. The Morgan fingerprint density at radius 3 is 2.71 bits per heavy atom. The van der Waals surface area contributed by atoms with Crippen LogP contribution in [0.1, 0.15) is 24.6 Å². The van der Waals surface area contributed by atoms with E-state index in [1.54, 1.807) is 19.1 Å². The van der Waals surface area contributed by atoms with E-state index in [9.17, 15) is 4.39 Å². The summed E-state index contributed by atoms with van der Waals surface area (Å²) in [4.78, 5) is 4.15. The molecular formula is C11H13FN4O. The quantitative estimate of drug-likeness (QED) is 0.844. The Hall–Kier alpha value is -1.95. The topological polar surface area (TPSA) is 76.8 Å². The molecule has 5 nitrogen and oxygen atoms in total. The summed E-state index contributed by atoms with van der Waals surface area (Å²) in [6, 6.07) is 5.56. The predicted octanol–water partition coefficient (Wildman–Crippen LogP) is 1.54. The van der Waals surface area contributed by atoms with Crippen LogP contribution in [0.5, 0.6) is 5.75 Å². The first kappa shape index (κ1) is 11.5. The zero-order valence-electron chi connectivity index (χ0n) is 9.35. The van der Waals surface area contributed by atoms with Crippen molar-refractivity contribution >= 4 is 0 Å². The highest BCUT2D eigenvalue weighted by atomic mass is 19.1. The van der Waals surface area contributed by atoms with Gasteiger partial charge in [0.2, 0.25) is 0 Å². The van der Waals surface area contributed by atoms with Gasteiger partial charge in [-0.2, -0.15) is 5.10 Å². The largest absolute Gasteiger partial charge is 0.486 e. The number of benzene rings is 1. The fourth-order valence-electron chi connectivity index (χ4n) is 1.26. The maximum atomic E-state index is 12.6. The highest BCUT2D eigenvalue weighted by Crippen LogP contribution is 2.12. The molecule has 2 rings (SSSR count). The molecule has 0 radical (unpaired) electrons. The van der Waals surface area contributed by atoms with Crippen LogP contribution in [0.25, 0.3) is 0 Å². The summed E-state index contributed by atoms with van der Waals surface area (Å²) in [6.45, 7) is 2.04. The van der Waals surface area contributed by atoms with Gasteiger partial charge >= 0.3 is 0 Å². The summed E-state index contributed by atoms with van der Waals surface area (Å²) >= 11 is 0. The molecule has 0 saturated heterocycles. The smallest absolute Gasteiger partial charge is 0.167 e. The Kier molecular flexibility index (Phi) is 3.34. The Morgan fingerprint density at radius 1 is 1.41 bits per heavy atom. The molecule has 0 aliphatic heterocycles. The normalized spacial score (nSPS) is 12.4. The molecule has 1 atom stereocenters. The van der Waals surface area contributed by atoms with Crippen molar-refractivity contribution in [2.45, 2.75) is 19.6 Å². The van der Waals surface area contributed by atoms with Crippen LogP contribution in [0.2, 0.25) is 0 Å². The number of ether oxygens (including phenoxy) is 1. The van der Waals surface area contributed by atoms with Gasteiger partial charge in [-0.3, -0.25) is 5.10 Å². The molecule has 0 spiro atoms. The summed E-state index contributed by atoms with van der Waals surface area (Å²) in [6.07, 6.45) is 0. The summed E-state index contributed by atoms with van der Waals surface area (Å²) in [5.74, 6) is 1.41. The third-order valence-corrected chi connectivity index (χ3v) is 2.15. The second-order valence-corrected chi connectivity index (χ2v) is 3.67. The van der Waals surface area contributed by atoms with E-state index in [1.165, 1.54) is 12.1 Å². The lowest BCUT2D eigenvalue weighted by Crippen LogP contribution is -2.07. The van der Waals surface area contributed by atoms with Gasteiger partial charge in [0.15, 0.2) is 11.6 Å². The maximum Gasteiger partial charge on any atom is 0.167 e. The van der Waals surface area contributed by atoms with Crippen molar-refractivity contribution in [2.24, 2.45) is 5.73 Å². The van der Waals surface area contributed by atoms with Crippen molar-refractivity contribution in [3.05, 3.63) is 41.7 Å². The van der Waals surface area contributed by atoms with Crippen LogP contribution in [0.4, 0.5) is 4.39 Å². The Bertz CT molecular complexity index is 480. The Morgan fingerprint density at radius 2 is 2.12 bits per heavy atom. The van der Waals surface area contributed by atoms with Gasteiger partial charge in [0, 0.05) is 0 Å². The fraction of sp³-hybridized carbons (Fsp3) is 0.273. The number of hydrogen-bond acceptors (Lipinski definition) is 4. The van der Waals surface area contributed by atoms with Gasteiger partial charge < -0.3 is 10.5 Å². The lowest BCUT2D eigenvalue weighted by molar-refractivity contribution is 0.296. The second-order valence-electron chi connectivity index (χ2n) is 3.67. The van der Waals surface area contributed by atoms with Crippen LogP contribution in [0, 0.1) is 5.82 Å². The van der Waals surface area contributed by atoms with Gasteiger partial charge in [-0.1, -0.05) is 0 Å². The minimum Gasteiger partial charge on any atom is -0.486 e. The maximum absolute atomic E-state index is 12.6. The van der Waals surface area contributed by atoms with Crippen LogP contribution >= 0.6 is 0 Å². The molecule has 1 unspecified atom stereocenters. The number of nitrogens with one attached hydrogen (secondary N) is 1. The number of aromatic amines is 1. The molecule has 90 valence electrons. The van der Waals surface area contributed by atoms with Crippen molar-refractivity contribution < 1.29 is 9.13 Å². The molecule has 1 heterocycles. The van der Waals surface area contributed by atoms with E-state index in [0.29, 0.717) is 17.4 Å². The number of nitrogens with zero attached hydrogens (tertiary/aromatic N) is 2. The lowest BCUT2D eigenvalue weighted by atomic mass is 10.3. The number of halogens is 1. The van der Waals surface area contributed by atoms with Crippen molar-refractivity contribution in [3.63, 3.8) is 0 Å². The minimum absolute atomic E-state index is 0.217. The first-order valence-corrected chi connectivity index (χ1v) is 5.20. The van der Waals surface area contributed by atoms with Crippen molar-refractivity contribution in [1.29, 1.82) is 0 Å². The predicted molar refractivity (Wildman–Crippen MR) is 59.7 cm³/mol. The van der Waals surface area contributed by atoms with E-state index >= 15 is 0 Å². The van der Waals surface area contributed by atoms with Crippen molar-refractivity contribution in [3.8, 4) is 5.75 Å². The summed E-state index contributed by atoms with van der Waals surface area (Å²) in [5, 5.41) is 6.67. The molecule has 1 aromatic heterocycles. The highest BCUT2D eigenvalue weighted by molar-refractivity contribution is 5.22. The summed E-state index contributed by atoms with van der Waals surface area (Å²) in [7, 11) is 0. The van der Waals surface area contributed by atoms with Crippen molar-refractivity contribution in [2.75, 3.05) is 0 Å². The number of H-pyrrole nitrogens is 1. The molecule has 0 aliphatic rings. The van der Waals surface area contributed by atoms with Gasteiger partial charge in [-0.15, -0.1) is 0 Å². The van der Waals surface area contributed by atoms with Gasteiger partial charge in [0.05, 0.1) is 6.04 Å². The zero-order valence-corrected chi connectivity index (χ0v) is 9.35. The molecule has 0 amide bonds. The Labute approximate surface area is 97.8 Å². The standard InChI is InChI=1S/C11H13FN4O/c1-7(13)11-14-10(15-16-11)6-17-9-4-2-8(12)3-5-9/h2-5,7H,6,13H2,1H3,(H,14,15,16). The lowest BCUT2D eigenvalue weighted by Gasteiger charge is -2.02.